The van der Waals surface area contributed by atoms with E-state index in [1.807, 2.05) is 24.4 Å². The molecule has 0 unspecified atom stereocenters. The highest BCUT2D eigenvalue weighted by Gasteiger charge is 2.14. The van der Waals surface area contributed by atoms with Gasteiger partial charge in [-0.05, 0) is 24.6 Å². The fourth-order valence-corrected chi connectivity index (χ4v) is 2.69. The minimum absolute atomic E-state index is 0.471. The summed E-state index contributed by atoms with van der Waals surface area (Å²) in [5, 5.41) is 0. The zero-order chi connectivity index (χ0) is 14.8. The summed E-state index contributed by atoms with van der Waals surface area (Å²) in [6, 6.07) is 14.5. The quantitative estimate of drug-likeness (QED) is 0.799. The molecule has 2 aromatic heterocycles. The minimum atomic E-state index is 0.471. The zero-order valence-electron chi connectivity index (χ0n) is 12.5. The smallest absolute Gasteiger partial charge is 0.152 e. The molecule has 0 fully saturated rings. The second-order valence-electron chi connectivity index (χ2n) is 5.36. The minimum Gasteiger partial charge on any atom is -0.354 e. The van der Waals surface area contributed by atoms with Gasteiger partial charge in [-0.15, -0.1) is 0 Å². The predicted octanol–water partition coefficient (Wildman–Crippen LogP) is 2.74. The number of imidazole rings is 1. The van der Waals surface area contributed by atoms with Gasteiger partial charge in [-0.25, -0.2) is 4.98 Å². The number of hydrogen-bond donors (Lipinski definition) is 1. The van der Waals surface area contributed by atoms with Crippen LogP contribution in [0.1, 0.15) is 16.8 Å². The van der Waals surface area contributed by atoms with Crippen LogP contribution in [0, 0.1) is 6.92 Å². The zero-order valence-corrected chi connectivity index (χ0v) is 12.5. The van der Waals surface area contributed by atoms with E-state index in [4.69, 9.17) is 10.7 Å². The van der Waals surface area contributed by atoms with Crippen LogP contribution in [0.4, 0.5) is 5.82 Å². The van der Waals surface area contributed by atoms with Crippen LogP contribution >= 0.6 is 0 Å². The summed E-state index contributed by atoms with van der Waals surface area (Å²) >= 11 is 0. The normalized spacial score (nSPS) is 11.0. The van der Waals surface area contributed by atoms with E-state index in [9.17, 15) is 0 Å². The van der Waals surface area contributed by atoms with Crippen molar-refractivity contribution < 1.29 is 0 Å². The van der Waals surface area contributed by atoms with Crippen molar-refractivity contribution in [1.29, 1.82) is 0 Å². The van der Waals surface area contributed by atoms with Crippen LogP contribution in [0.5, 0.6) is 0 Å². The van der Waals surface area contributed by atoms with Crippen LogP contribution < -0.4 is 10.6 Å². The maximum absolute atomic E-state index is 5.93. The van der Waals surface area contributed by atoms with Crippen molar-refractivity contribution in [1.82, 2.24) is 9.38 Å². The van der Waals surface area contributed by atoms with Crippen molar-refractivity contribution >= 4 is 11.5 Å². The van der Waals surface area contributed by atoms with Crippen molar-refractivity contribution in [2.75, 3.05) is 11.9 Å². The molecular weight excluding hydrogens is 260 g/mol. The molecule has 108 valence electrons. The van der Waals surface area contributed by atoms with Crippen LogP contribution in [0.25, 0.3) is 5.65 Å². The van der Waals surface area contributed by atoms with Crippen molar-refractivity contribution in [3.8, 4) is 0 Å². The number of nitrogens with zero attached hydrogens (tertiary/aromatic N) is 3. The molecular formula is C17H20N4. The summed E-state index contributed by atoms with van der Waals surface area (Å²) in [6.07, 6.45) is 2.01. The Kier molecular flexibility index (Phi) is 3.62. The number of rotatable bonds is 4. The first-order chi connectivity index (χ1) is 10.2. The van der Waals surface area contributed by atoms with E-state index in [1.54, 1.807) is 0 Å². The molecule has 3 rings (SSSR count). The monoisotopic (exact) mass is 280 g/mol. The van der Waals surface area contributed by atoms with E-state index < -0.39 is 0 Å². The number of nitrogens with two attached hydrogens (primary N) is 1. The Labute approximate surface area is 124 Å². The highest BCUT2D eigenvalue weighted by molar-refractivity contribution is 5.55. The predicted molar refractivity (Wildman–Crippen MR) is 86.4 cm³/mol. The topological polar surface area (TPSA) is 46.6 Å². The van der Waals surface area contributed by atoms with E-state index in [2.05, 4.69) is 47.5 Å². The van der Waals surface area contributed by atoms with Gasteiger partial charge in [0.25, 0.3) is 0 Å². The Balaban J connectivity index is 1.95. The molecule has 0 radical (unpaired) electrons. The number of aryl methyl sites for hydroxylation is 1. The average Bonchev–Trinajstić information content (AvgIpc) is 2.86. The SMILES string of the molecule is Cc1cccc(CN(C)c2nc3ccccn3c2CN)c1. The van der Waals surface area contributed by atoms with Gasteiger partial charge in [0.15, 0.2) is 5.82 Å². The Morgan fingerprint density at radius 1 is 1.19 bits per heavy atom. The van der Waals surface area contributed by atoms with Gasteiger partial charge in [0.05, 0.1) is 5.69 Å². The maximum atomic E-state index is 5.93. The van der Waals surface area contributed by atoms with Gasteiger partial charge in [0.1, 0.15) is 5.65 Å². The molecule has 0 aliphatic carbocycles. The molecule has 0 amide bonds. The number of aromatic nitrogens is 2. The molecule has 0 bridgehead atoms. The van der Waals surface area contributed by atoms with Crippen LogP contribution in [0.15, 0.2) is 48.7 Å². The summed E-state index contributed by atoms with van der Waals surface area (Å²) in [4.78, 5) is 6.87. The lowest BCUT2D eigenvalue weighted by molar-refractivity contribution is 0.872. The molecule has 4 heteroatoms. The highest BCUT2D eigenvalue weighted by atomic mass is 15.2. The molecule has 0 saturated heterocycles. The van der Waals surface area contributed by atoms with Gasteiger partial charge in [0.2, 0.25) is 0 Å². The van der Waals surface area contributed by atoms with Crippen molar-refractivity contribution in [2.45, 2.75) is 20.0 Å². The van der Waals surface area contributed by atoms with Crippen LogP contribution in [0.2, 0.25) is 0 Å². The fourth-order valence-electron chi connectivity index (χ4n) is 2.69. The third-order valence-electron chi connectivity index (χ3n) is 3.66. The first-order valence-electron chi connectivity index (χ1n) is 7.12. The van der Waals surface area contributed by atoms with Crippen molar-refractivity contribution in [2.24, 2.45) is 5.73 Å². The molecule has 2 N–H and O–H groups in total. The van der Waals surface area contributed by atoms with Gasteiger partial charge in [-0.3, -0.25) is 0 Å². The molecule has 0 aliphatic heterocycles. The molecule has 0 atom stereocenters. The van der Waals surface area contributed by atoms with Crippen molar-refractivity contribution in [3.05, 3.63) is 65.5 Å². The summed E-state index contributed by atoms with van der Waals surface area (Å²) in [5.41, 5.74) is 10.5. The van der Waals surface area contributed by atoms with Gasteiger partial charge in [0, 0.05) is 26.3 Å². The average molecular weight is 280 g/mol. The Hall–Kier alpha value is -2.33. The standard InChI is InChI=1S/C17H20N4/c1-13-6-5-7-14(10-13)12-20(2)17-15(11-18)21-9-4-3-8-16(21)19-17/h3-10H,11-12,18H2,1-2H3. The lowest BCUT2D eigenvalue weighted by atomic mass is 10.1. The second-order valence-corrected chi connectivity index (χ2v) is 5.36. The van der Waals surface area contributed by atoms with Gasteiger partial charge < -0.3 is 15.0 Å². The van der Waals surface area contributed by atoms with Crippen LogP contribution in [-0.4, -0.2) is 16.4 Å². The Bertz CT molecular complexity index is 760. The first-order valence-corrected chi connectivity index (χ1v) is 7.12. The molecule has 2 heterocycles. The van der Waals surface area contributed by atoms with E-state index >= 15 is 0 Å². The lowest BCUT2D eigenvalue weighted by Gasteiger charge is -2.18. The third-order valence-corrected chi connectivity index (χ3v) is 3.66. The molecule has 3 aromatic rings. The summed E-state index contributed by atoms with van der Waals surface area (Å²) < 4.78 is 2.06. The fraction of sp³-hybridized carbons (Fsp3) is 0.235. The summed E-state index contributed by atoms with van der Waals surface area (Å²) in [5.74, 6) is 0.949. The molecule has 4 nitrogen and oxygen atoms in total. The molecule has 0 saturated carbocycles. The van der Waals surface area contributed by atoms with Crippen LogP contribution in [-0.2, 0) is 13.1 Å². The van der Waals surface area contributed by atoms with Crippen LogP contribution in [0.3, 0.4) is 0 Å². The third kappa shape index (κ3) is 2.62. The summed E-state index contributed by atoms with van der Waals surface area (Å²) in [6.45, 7) is 3.40. The number of benzene rings is 1. The molecule has 1 aromatic carbocycles. The number of hydrogen-bond acceptors (Lipinski definition) is 3. The highest BCUT2D eigenvalue weighted by Crippen LogP contribution is 2.22. The largest absolute Gasteiger partial charge is 0.354 e. The molecule has 0 spiro atoms. The molecule has 21 heavy (non-hydrogen) atoms. The number of anilines is 1. The number of pyridine rings is 1. The van der Waals surface area contributed by atoms with Gasteiger partial charge >= 0.3 is 0 Å². The summed E-state index contributed by atoms with van der Waals surface area (Å²) in [7, 11) is 2.06. The maximum Gasteiger partial charge on any atom is 0.152 e. The van der Waals surface area contributed by atoms with Crippen molar-refractivity contribution in [3.63, 3.8) is 0 Å². The van der Waals surface area contributed by atoms with E-state index in [-0.39, 0.29) is 0 Å². The van der Waals surface area contributed by atoms with E-state index in [0.717, 1.165) is 23.7 Å². The van der Waals surface area contributed by atoms with E-state index in [1.165, 1.54) is 11.1 Å². The Morgan fingerprint density at radius 3 is 2.81 bits per heavy atom. The first kappa shape index (κ1) is 13.6. The molecule has 0 aliphatic rings. The van der Waals surface area contributed by atoms with E-state index in [0.29, 0.717) is 6.54 Å². The lowest BCUT2D eigenvalue weighted by Crippen LogP contribution is -2.19. The number of fused-ring (bicyclic) bond motifs is 1. The van der Waals surface area contributed by atoms with Gasteiger partial charge in [-0.2, -0.15) is 0 Å². The second kappa shape index (κ2) is 5.58. The van der Waals surface area contributed by atoms with Gasteiger partial charge in [-0.1, -0.05) is 35.9 Å². The Morgan fingerprint density at radius 2 is 2.05 bits per heavy atom.